The summed E-state index contributed by atoms with van der Waals surface area (Å²) in [7, 11) is 0. The number of carbonyl (C=O) groups excluding carboxylic acids is 1. The van der Waals surface area contributed by atoms with E-state index in [1.807, 2.05) is 0 Å². The summed E-state index contributed by atoms with van der Waals surface area (Å²) in [6, 6.07) is 5.69. The van der Waals surface area contributed by atoms with Gasteiger partial charge >= 0.3 is 6.03 Å². The molecule has 20 heavy (non-hydrogen) atoms. The van der Waals surface area contributed by atoms with Crippen molar-refractivity contribution < 1.29 is 9.18 Å². The Balaban J connectivity index is 1.89. The van der Waals surface area contributed by atoms with Crippen molar-refractivity contribution in [2.24, 2.45) is 0 Å². The van der Waals surface area contributed by atoms with Crippen LogP contribution in [0.4, 0.5) is 14.3 Å². The molecular formula is C13H12BrFN3OS. The molecule has 0 bridgehead atoms. The lowest BCUT2D eigenvalue weighted by Gasteiger charge is -2.05. The predicted octanol–water partition coefficient (Wildman–Crippen LogP) is 3.74. The maximum absolute atomic E-state index is 13.0. The SMILES string of the molecule is [CH2]Cc1nc(NC(=O)NCc2cccc(F)c2)sc1Br. The van der Waals surface area contributed by atoms with Crippen LogP contribution in [0.2, 0.25) is 0 Å². The van der Waals surface area contributed by atoms with E-state index < -0.39 is 0 Å². The van der Waals surface area contributed by atoms with Crippen molar-refractivity contribution in [2.75, 3.05) is 5.32 Å². The van der Waals surface area contributed by atoms with Crippen molar-refractivity contribution in [3.8, 4) is 0 Å². The topological polar surface area (TPSA) is 54.0 Å². The van der Waals surface area contributed by atoms with Gasteiger partial charge in [0.25, 0.3) is 0 Å². The Kier molecular flexibility index (Phi) is 5.08. The molecule has 0 spiro atoms. The highest BCUT2D eigenvalue weighted by Crippen LogP contribution is 2.28. The van der Waals surface area contributed by atoms with E-state index in [0.717, 1.165) is 9.48 Å². The van der Waals surface area contributed by atoms with Crippen LogP contribution in [0.1, 0.15) is 11.3 Å². The lowest BCUT2D eigenvalue weighted by atomic mass is 10.2. The maximum atomic E-state index is 13.0. The molecule has 4 nitrogen and oxygen atoms in total. The van der Waals surface area contributed by atoms with Crippen molar-refractivity contribution in [1.82, 2.24) is 10.3 Å². The van der Waals surface area contributed by atoms with Gasteiger partial charge in [0.2, 0.25) is 0 Å². The van der Waals surface area contributed by atoms with Gasteiger partial charge in [0, 0.05) is 6.54 Å². The molecular weight excluding hydrogens is 345 g/mol. The van der Waals surface area contributed by atoms with Crippen LogP contribution >= 0.6 is 27.3 Å². The Labute approximate surface area is 128 Å². The standard InChI is InChI=1S/C13H12BrFN3OS/c1-2-10-11(14)20-13(17-10)18-12(19)16-7-8-4-3-5-9(15)6-8/h3-6H,1-2,7H2,(H2,16,17,18,19). The predicted molar refractivity (Wildman–Crippen MR) is 81.1 cm³/mol. The molecule has 1 radical (unpaired) electrons. The smallest absolute Gasteiger partial charge is 0.321 e. The van der Waals surface area contributed by atoms with Crippen molar-refractivity contribution in [3.05, 3.63) is 52.1 Å². The van der Waals surface area contributed by atoms with Crippen LogP contribution < -0.4 is 10.6 Å². The third-order valence-corrected chi connectivity index (χ3v) is 4.19. The second kappa shape index (κ2) is 6.81. The molecule has 2 N–H and O–H groups in total. The monoisotopic (exact) mass is 356 g/mol. The van der Waals surface area contributed by atoms with E-state index in [1.54, 1.807) is 12.1 Å². The normalized spacial score (nSPS) is 10.3. The fraction of sp³-hybridized carbons (Fsp3) is 0.154. The molecule has 0 aliphatic rings. The van der Waals surface area contributed by atoms with Crippen molar-refractivity contribution in [3.63, 3.8) is 0 Å². The molecule has 7 heteroatoms. The third kappa shape index (κ3) is 4.01. The number of halogens is 2. The van der Waals surface area contributed by atoms with Crippen LogP contribution in [-0.4, -0.2) is 11.0 Å². The van der Waals surface area contributed by atoms with Crippen LogP contribution in [0.25, 0.3) is 0 Å². The van der Waals surface area contributed by atoms with E-state index in [2.05, 4.69) is 38.5 Å². The minimum atomic E-state index is -0.383. The van der Waals surface area contributed by atoms with Gasteiger partial charge in [-0.15, -0.1) is 0 Å². The number of carbonyl (C=O) groups is 1. The minimum Gasteiger partial charge on any atom is -0.334 e. The van der Waals surface area contributed by atoms with Gasteiger partial charge in [-0.05, 0) is 47.0 Å². The van der Waals surface area contributed by atoms with Crippen molar-refractivity contribution >= 4 is 38.4 Å². The summed E-state index contributed by atoms with van der Waals surface area (Å²) in [5.74, 6) is -0.325. The number of thiazole rings is 1. The van der Waals surface area contributed by atoms with Crippen LogP contribution in [0, 0.1) is 12.7 Å². The summed E-state index contributed by atoms with van der Waals surface area (Å²) in [6.07, 6.45) is 0.545. The first kappa shape index (κ1) is 14.9. The van der Waals surface area contributed by atoms with Gasteiger partial charge in [0.15, 0.2) is 5.13 Å². The van der Waals surface area contributed by atoms with Crippen LogP contribution in [0.15, 0.2) is 28.1 Å². The Morgan fingerprint density at radius 1 is 1.50 bits per heavy atom. The van der Waals surface area contributed by atoms with E-state index in [0.29, 0.717) is 17.1 Å². The molecule has 1 aromatic carbocycles. The van der Waals surface area contributed by atoms with E-state index in [-0.39, 0.29) is 18.4 Å². The molecule has 2 rings (SSSR count). The average Bonchev–Trinajstić information content (AvgIpc) is 2.76. The van der Waals surface area contributed by atoms with E-state index in [4.69, 9.17) is 0 Å². The zero-order valence-corrected chi connectivity index (χ0v) is 12.9. The molecule has 2 amide bonds. The highest BCUT2D eigenvalue weighted by atomic mass is 79.9. The summed E-state index contributed by atoms with van der Waals surface area (Å²) in [6.45, 7) is 3.99. The number of anilines is 1. The molecule has 0 aliphatic heterocycles. The molecule has 0 saturated carbocycles. The van der Waals surface area contributed by atoms with Crippen LogP contribution in [-0.2, 0) is 13.0 Å². The fourth-order valence-electron chi connectivity index (χ4n) is 1.51. The Bertz CT molecular complexity index is 617. The lowest BCUT2D eigenvalue weighted by Crippen LogP contribution is -2.28. The molecule has 0 atom stereocenters. The Morgan fingerprint density at radius 3 is 2.95 bits per heavy atom. The van der Waals surface area contributed by atoms with Gasteiger partial charge in [-0.25, -0.2) is 14.2 Å². The molecule has 0 aliphatic carbocycles. The number of benzene rings is 1. The highest BCUT2D eigenvalue weighted by molar-refractivity contribution is 9.11. The van der Waals surface area contributed by atoms with Crippen molar-refractivity contribution in [2.45, 2.75) is 13.0 Å². The number of aromatic nitrogens is 1. The second-order valence-corrected chi connectivity index (χ2v) is 6.24. The van der Waals surface area contributed by atoms with Gasteiger partial charge in [0.05, 0.1) is 9.48 Å². The summed E-state index contributed by atoms with van der Waals surface area (Å²) in [5.41, 5.74) is 1.49. The molecule has 105 valence electrons. The number of nitrogens with one attached hydrogen (secondary N) is 2. The van der Waals surface area contributed by atoms with Crippen LogP contribution in [0.3, 0.4) is 0 Å². The molecule has 0 unspecified atom stereocenters. The largest absolute Gasteiger partial charge is 0.334 e. The number of urea groups is 1. The summed E-state index contributed by atoms with van der Waals surface area (Å²) >= 11 is 4.68. The van der Waals surface area contributed by atoms with Gasteiger partial charge in [0.1, 0.15) is 5.82 Å². The van der Waals surface area contributed by atoms with Crippen molar-refractivity contribution in [1.29, 1.82) is 0 Å². The lowest BCUT2D eigenvalue weighted by molar-refractivity contribution is 0.251. The molecule has 0 fully saturated rings. The fourth-order valence-corrected chi connectivity index (χ4v) is 2.99. The molecule has 0 saturated heterocycles. The third-order valence-electron chi connectivity index (χ3n) is 2.45. The van der Waals surface area contributed by atoms with Gasteiger partial charge in [-0.2, -0.15) is 0 Å². The van der Waals surface area contributed by atoms with Gasteiger partial charge in [-0.3, -0.25) is 5.32 Å². The Hall–Kier alpha value is -1.47. The minimum absolute atomic E-state index is 0.248. The van der Waals surface area contributed by atoms with E-state index in [9.17, 15) is 9.18 Å². The number of amides is 2. The summed E-state index contributed by atoms with van der Waals surface area (Å²) in [5, 5.41) is 5.76. The number of nitrogens with zero attached hydrogens (tertiary/aromatic N) is 1. The number of hydrogen-bond acceptors (Lipinski definition) is 3. The van der Waals surface area contributed by atoms with E-state index in [1.165, 1.54) is 23.5 Å². The first-order valence-electron chi connectivity index (χ1n) is 5.82. The summed E-state index contributed by atoms with van der Waals surface area (Å²) < 4.78 is 13.8. The quantitative estimate of drug-likeness (QED) is 0.876. The molecule has 1 aromatic heterocycles. The molecule has 1 heterocycles. The highest BCUT2D eigenvalue weighted by Gasteiger charge is 2.09. The average molecular weight is 357 g/mol. The zero-order valence-electron chi connectivity index (χ0n) is 10.5. The maximum Gasteiger partial charge on any atom is 0.321 e. The second-order valence-electron chi connectivity index (χ2n) is 3.93. The summed E-state index contributed by atoms with van der Waals surface area (Å²) in [4.78, 5) is 15.9. The number of rotatable bonds is 4. The Morgan fingerprint density at radius 2 is 2.30 bits per heavy atom. The number of hydrogen-bond donors (Lipinski definition) is 2. The van der Waals surface area contributed by atoms with Crippen LogP contribution in [0.5, 0.6) is 0 Å². The van der Waals surface area contributed by atoms with E-state index >= 15 is 0 Å². The van der Waals surface area contributed by atoms with Gasteiger partial charge < -0.3 is 5.32 Å². The molecule has 2 aromatic rings. The zero-order chi connectivity index (χ0) is 14.5. The first-order chi connectivity index (χ1) is 9.58. The first-order valence-corrected chi connectivity index (χ1v) is 7.43. The van der Waals surface area contributed by atoms with Gasteiger partial charge in [-0.1, -0.05) is 23.5 Å².